The summed E-state index contributed by atoms with van der Waals surface area (Å²) in [5.74, 6) is 0.389. The summed E-state index contributed by atoms with van der Waals surface area (Å²) in [5.41, 5.74) is 3.61. The summed E-state index contributed by atoms with van der Waals surface area (Å²) in [6.07, 6.45) is 7.57. The molecule has 4 amide bonds. The van der Waals surface area contributed by atoms with E-state index >= 15 is 0 Å². The van der Waals surface area contributed by atoms with Gasteiger partial charge in [-0.15, -0.1) is 0 Å². The van der Waals surface area contributed by atoms with Crippen molar-refractivity contribution in [3.05, 3.63) is 56.5 Å². The quantitative estimate of drug-likeness (QED) is 0.324. The lowest BCUT2D eigenvalue weighted by Crippen LogP contribution is -2.50. The van der Waals surface area contributed by atoms with Crippen LogP contribution in [0.5, 0.6) is 5.75 Å². The Morgan fingerprint density at radius 3 is 2.12 bits per heavy atom. The average Bonchev–Trinajstić information content (AvgIpc) is 3.28. The summed E-state index contributed by atoms with van der Waals surface area (Å²) in [6, 6.07) is 12.5. The smallest absolute Gasteiger partial charge is 0.409 e. The molecule has 4 heterocycles. The lowest BCUT2D eigenvalue weighted by atomic mass is 9.82. The molecule has 4 aliphatic rings. The van der Waals surface area contributed by atoms with E-state index in [9.17, 15) is 19.5 Å². The van der Waals surface area contributed by atoms with E-state index in [0.717, 1.165) is 56.4 Å². The third kappa shape index (κ3) is 9.73. The van der Waals surface area contributed by atoms with Crippen LogP contribution in [0.2, 0.25) is 0 Å². The molecule has 274 valence electrons. The number of piperidine rings is 3. The first-order valence-corrected chi connectivity index (χ1v) is 19.6. The number of nitrogens with zero attached hydrogens (tertiary/aromatic N) is 4. The number of phenols is 1. The fourth-order valence-electron chi connectivity index (χ4n) is 7.66. The largest absolute Gasteiger partial charge is 0.506 e. The summed E-state index contributed by atoms with van der Waals surface area (Å²) in [4.78, 5) is 45.2. The maximum atomic E-state index is 12.9. The number of benzene rings is 2. The van der Waals surface area contributed by atoms with Crippen LogP contribution in [0.4, 0.5) is 15.3 Å². The third-order valence-corrected chi connectivity index (χ3v) is 12.2. The number of anilines is 1. The van der Waals surface area contributed by atoms with E-state index in [4.69, 9.17) is 4.74 Å². The molecule has 0 aromatic heterocycles. The first-order chi connectivity index (χ1) is 23.8. The van der Waals surface area contributed by atoms with Crippen molar-refractivity contribution in [2.45, 2.75) is 84.2 Å². The Morgan fingerprint density at radius 2 is 1.50 bits per heavy atom. The zero-order chi connectivity index (χ0) is 36.0. The van der Waals surface area contributed by atoms with E-state index in [1.165, 1.54) is 38.6 Å². The monoisotopic (exact) mass is 817 g/mol. The van der Waals surface area contributed by atoms with Gasteiger partial charge in [0.1, 0.15) is 5.75 Å². The number of carbonyl (C=O) groups excluding carboxylic acids is 3. The van der Waals surface area contributed by atoms with Crippen LogP contribution in [-0.2, 0) is 22.4 Å². The second-order valence-corrected chi connectivity index (χ2v) is 16.7. The van der Waals surface area contributed by atoms with Gasteiger partial charge in [-0.1, -0.05) is 39.0 Å². The molecule has 2 N–H and O–H groups in total. The third-order valence-electron chi connectivity index (χ3n) is 11.0. The number of carbonyl (C=O) groups is 3. The first kappa shape index (κ1) is 38.4. The zero-order valence-electron chi connectivity index (χ0n) is 29.9. The van der Waals surface area contributed by atoms with E-state index in [1.807, 2.05) is 42.2 Å². The van der Waals surface area contributed by atoms with E-state index in [1.54, 1.807) is 4.90 Å². The van der Waals surface area contributed by atoms with Crippen molar-refractivity contribution in [2.24, 2.45) is 11.3 Å². The minimum Gasteiger partial charge on any atom is -0.506 e. The fourth-order valence-corrected chi connectivity index (χ4v) is 8.94. The lowest BCUT2D eigenvalue weighted by Gasteiger charge is -2.44. The van der Waals surface area contributed by atoms with Crippen LogP contribution in [-0.4, -0.2) is 108 Å². The molecule has 0 saturated carbocycles. The number of hydrogen-bond donors (Lipinski definition) is 2. The number of amides is 4. The number of urea groups is 1. The number of rotatable bonds is 5. The predicted octanol–water partition coefficient (Wildman–Crippen LogP) is 7.52. The first-order valence-electron chi connectivity index (χ1n) is 18.0. The second kappa shape index (κ2) is 17.1. The van der Waals surface area contributed by atoms with Gasteiger partial charge < -0.3 is 34.8 Å². The summed E-state index contributed by atoms with van der Waals surface area (Å²) >= 11 is 6.74. The average molecular weight is 820 g/mol. The molecule has 4 aliphatic heterocycles. The molecule has 0 unspecified atom stereocenters. The molecule has 0 spiro atoms. The van der Waals surface area contributed by atoms with Crippen molar-refractivity contribution in [1.82, 2.24) is 19.6 Å². The molecule has 0 aliphatic carbocycles. The minimum atomic E-state index is -0.286. The standard InChI is InChI=1S/C22H32Br2N2O2.C16H21N3O3/c1-15(12-16-13-18(23)20(27)19(24)14-16)21(28)26-8-4-17(5-9-26)25-10-6-22(2,3)7-11-25;1-22-16(21)18-9-7-13(8-10-18)19-11-6-12-4-2-3-5-14(12)17-15(19)20/h13-15,17,27H,4-12H2,1-3H3;2-5,13H,6-11H2,1H3,(H,17,20)/t15-;/m1./s1. The highest BCUT2D eigenvalue weighted by Crippen LogP contribution is 2.35. The summed E-state index contributed by atoms with van der Waals surface area (Å²) in [5, 5.41) is 12.9. The maximum Gasteiger partial charge on any atom is 0.409 e. The molecular formula is C38H53Br2N5O5. The summed E-state index contributed by atoms with van der Waals surface area (Å²) in [6.45, 7) is 12.9. The molecular weight excluding hydrogens is 766 g/mol. The number of phenolic OH excluding ortho intramolecular Hbond substituents is 1. The van der Waals surface area contributed by atoms with Gasteiger partial charge >= 0.3 is 12.1 Å². The number of halogens is 2. The van der Waals surface area contributed by atoms with Crippen LogP contribution in [0.3, 0.4) is 0 Å². The molecule has 1 atom stereocenters. The molecule has 2 aromatic carbocycles. The van der Waals surface area contributed by atoms with Crippen molar-refractivity contribution >= 4 is 55.6 Å². The van der Waals surface area contributed by atoms with Gasteiger partial charge in [0.2, 0.25) is 5.91 Å². The number of aromatic hydroxyl groups is 1. The zero-order valence-corrected chi connectivity index (χ0v) is 33.1. The molecule has 10 nitrogen and oxygen atoms in total. The lowest BCUT2D eigenvalue weighted by molar-refractivity contribution is -0.136. The van der Waals surface area contributed by atoms with E-state index < -0.39 is 0 Å². The van der Waals surface area contributed by atoms with E-state index in [-0.39, 0.29) is 35.7 Å². The number of likely N-dealkylation sites (tertiary alicyclic amines) is 3. The minimum absolute atomic E-state index is 0.0403. The number of hydrogen-bond acceptors (Lipinski definition) is 6. The highest BCUT2D eigenvalue weighted by atomic mass is 79.9. The molecule has 0 radical (unpaired) electrons. The van der Waals surface area contributed by atoms with Gasteiger partial charge in [0.05, 0.1) is 16.1 Å². The summed E-state index contributed by atoms with van der Waals surface area (Å²) in [7, 11) is 1.40. The molecule has 50 heavy (non-hydrogen) atoms. The van der Waals surface area contributed by atoms with Crippen molar-refractivity contribution in [1.29, 1.82) is 0 Å². The molecule has 12 heteroatoms. The molecule has 3 fully saturated rings. The van der Waals surface area contributed by atoms with Crippen LogP contribution < -0.4 is 5.32 Å². The number of ether oxygens (including phenoxy) is 1. The van der Waals surface area contributed by atoms with E-state index in [2.05, 4.69) is 66.9 Å². The van der Waals surface area contributed by atoms with Gasteiger partial charge in [-0.3, -0.25) is 4.79 Å². The van der Waals surface area contributed by atoms with Crippen LogP contribution in [0.25, 0.3) is 0 Å². The molecule has 6 rings (SSSR count). The maximum absolute atomic E-state index is 12.9. The summed E-state index contributed by atoms with van der Waals surface area (Å²) < 4.78 is 6.06. The number of fused-ring (bicyclic) bond motifs is 1. The highest BCUT2D eigenvalue weighted by Gasteiger charge is 2.34. The Balaban J connectivity index is 0.000000200. The van der Waals surface area contributed by atoms with Crippen LogP contribution >= 0.6 is 31.9 Å². The fraction of sp³-hybridized carbons (Fsp3) is 0.605. The molecule has 3 saturated heterocycles. The van der Waals surface area contributed by atoms with Crippen molar-refractivity contribution in [3.8, 4) is 5.75 Å². The second-order valence-electron chi connectivity index (χ2n) is 15.0. The van der Waals surface area contributed by atoms with Crippen LogP contribution in [0, 0.1) is 11.3 Å². The van der Waals surface area contributed by atoms with Crippen LogP contribution in [0.1, 0.15) is 70.4 Å². The van der Waals surface area contributed by atoms with Gasteiger partial charge in [-0.05, 0) is 131 Å². The van der Waals surface area contributed by atoms with Crippen molar-refractivity contribution < 1.29 is 24.2 Å². The number of nitrogens with one attached hydrogen (secondary N) is 1. The number of para-hydroxylation sites is 1. The molecule has 2 aromatic rings. The SMILES string of the molecule is COC(=O)N1CCC(N2CCc3ccccc3NC2=O)CC1.C[C@H](Cc1cc(Br)c(O)c(Br)c1)C(=O)N1CCC(N2CCC(C)(C)CC2)CC1. The number of methoxy groups -OCH3 is 1. The van der Waals surface area contributed by atoms with E-state index in [0.29, 0.717) is 46.5 Å². The van der Waals surface area contributed by atoms with Gasteiger partial charge in [0.25, 0.3) is 0 Å². The van der Waals surface area contributed by atoms with Crippen molar-refractivity contribution in [2.75, 3.05) is 58.2 Å². The normalized spacial score (nSPS) is 20.9. The van der Waals surface area contributed by atoms with Gasteiger partial charge in [-0.25, -0.2) is 9.59 Å². The topological polar surface area (TPSA) is 106 Å². The Labute approximate surface area is 314 Å². The van der Waals surface area contributed by atoms with Gasteiger partial charge in [0, 0.05) is 56.4 Å². The Bertz CT molecular complexity index is 1470. The van der Waals surface area contributed by atoms with Gasteiger partial charge in [0.15, 0.2) is 0 Å². The Kier molecular flexibility index (Phi) is 13.2. The molecule has 0 bridgehead atoms. The Morgan fingerprint density at radius 1 is 0.920 bits per heavy atom. The highest BCUT2D eigenvalue weighted by molar-refractivity contribution is 9.11. The predicted molar refractivity (Wildman–Crippen MR) is 203 cm³/mol. The van der Waals surface area contributed by atoms with Crippen LogP contribution in [0.15, 0.2) is 45.3 Å². The van der Waals surface area contributed by atoms with Gasteiger partial charge in [-0.2, -0.15) is 0 Å². The Hall–Kier alpha value is -2.83. The van der Waals surface area contributed by atoms with Crippen molar-refractivity contribution in [3.63, 3.8) is 0 Å².